The molecular formula is C14H15N5O. The first-order valence-corrected chi connectivity index (χ1v) is 6.38. The molecule has 2 aromatic heterocycles. The molecule has 3 rings (SSSR count). The molecule has 0 aliphatic heterocycles. The molecule has 6 nitrogen and oxygen atoms in total. The zero-order valence-electron chi connectivity index (χ0n) is 11.2. The summed E-state index contributed by atoms with van der Waals surface area (Å²) in [5, 5.41) is 8.08. The first-order chi connectivity index (χ1) is 9.76. The molecule has 3 aromatic rings. The molecular weight excluding hydrogens is 254 g/mol. The summed E-state index contributed by atoms with van der Waals surface area (Å²) in [6.45, 7) is 0.619. The van der Waals surface area contributed by atoms with Crippen molar-refractivity contribution >= 4 is 0 Å². The summed E-state index contributed by atoms with van der Waals surface area (Å²) in [6, 6.07) is 7.97. The van der Waals surface area contributed by atoms with E-state index in [1.54, 1.807) is 10.9 Å². The Morgan fingerprint density at radius 1 is 1.30 bits per heavy atom. The standard InChI is InChI=1S/C14H15N5O/c1-19-9-12(8-16-19)13-17-14(20-18-13)11-4-2-3-10(7-11)5-6-15/h2-4,7-9H,5-6,15H2,1H3. The van der Waals surface area contributed by atoms with Crippen molar-refractivity contribution in [2.75, 3.05) is 6.54 Å². The predicted octanol–water partition coefficient (Wildman–Crippen LogP) is 1.64. The van der Waals surface area contributed by atoms with Crippen LogP contribution in [0, 0.1) is 0 Å². The van der Waals surface area contributed by atoms with Gasteiger partial charge < -0.3 is 10.3 Å². The number of aromatic nitrogens is 4. The minimum Gasteiger partial charge on any atom is -0.334 e. The van der Waals surface area contributed by atoms with Crippen LogP contribution < -0.4 is 5.73 Å². The Labute approximate surface area is 116 Å². The summed E-state index contributed by atoms with van der Waals surface area (Å²) in [7, 11) is 1.85. The zero-order chi connectivity index (χ0) is 13.9. The minimum atomic E-state index is 0.503. The zero-order valence-corrected chi connectivity index (χ0v) is 11.2. The van der Waals surface area contributed by atoms with E-state index in [1.165, 1.54) is 0 Å². The molecule has 2 N–H and O–H groups in total. The van der Waals surface area contributed by atoms with Crippen molar-refractivity contribution in [1.29, 1.82) is 0 Å². The van der Waals surface area contributed by atoms with Gasteiger partial charge in [0.15, 0.2) is 0 Å². The summed E-state index contributed by atoms with van der Waals surface area (Å²) >= 11 is 0. The lowest BCUT2D eigenvalue weighted by molar-refractivity contribution is 0.432. The van der Waals surface area contributed by atoms with Gasteiger partial charge in [-0.1, -0.05) is 17.3 Å². The summed E-state index contributed by atoms with van der Waals surface area (Å²) in [6.07, 6.45) is 4.39. The highest BCUT2D eigenvalue weighted by Gasteiger charge is 2.12. The van der Waals surface area contributed by atoms with E-state index in [1.807, 2.05) is 37.5 Å². The first-order valence-electron chi connectivity index (χ1n) is 6.38. The molecule has 102 valence electrons. The molecule has 2 heterocycles. The Bertz CT molecular complexity index is 716. The molecule has 0 amide bonds. The van der Waals surface area contributed by atoms with Gasteiger partial charge >= 0.3 is 0 Å². The number of nitrogens with zero attached hydrogens (tertiary/aromatic N) is 4. The molecule has 0 fully saturated rings. The monoisotopic (exact) mass is 269 g/mol. The second-order valence-corrected chi connectivity index (χ2v) is 4.56. The van der Waals surface area contributed by atoms with Crippen LogP contribution in [0.2, 0.25) is 0 Å². The fraction of sp³-hybridized carbons (Fsp3) is 0.214. The van der Waals surface area contributed by atoms with E-state index in [0.717, 1.165) is 23.1 Å². The lowest BCUT2D eigenvalue weighted by atomic mass is 10.1. The number of nitrogens with two attached hydrogens (primary N) is 1. The van der Waals surface area contributed by atoms with E-state index >= 15 is 0 Å². The van der Waals surface area contributed by atoms with Gasteiger partial charge in [-0.3, -0.25) is 4.68 Å². The van der Waals surface area contributed by atoms with Crippen molar-refractivity contribution in [3.63, 3.8) is 0 Å². The van der Waals surface area contributed by atoms with Crippen molar-refractivity contribution in [1.82, 2.24) is 19.9 Å². The van der Waals surface area contributed by atoms with Crippen LogP contribution in [-0.2, 0) is 13.5 Å². The average molecular weight is 269 g/mol. The fourth-order valence-electron chi connectivity index (χ4n) is 2.02. The quantitative estimate of drug-likeness (QED) is 0.778. The summed E-state index contributed by atoms with van der Waals surface area (Å²) in [5.41, 5.74) is 8.46. The molecule has 0 bridgehead atoms. The Balaban J connectivity index is 1.91. The molecule has 0 saturated heterocycles. The SMILES string of the molecule is Cn1cc(-c2noc(-c3cccc(CCN)c3)n2)cn1. The van der Waals surface area contributed by atoms with Crippen LogP contribution in [0.25, 0.3) is 22.8 Å². The maximum atomic E-state index is 5.57. The lowest BCUT2D eigenvalue weighted by Crippen LogP contribution is -2.02. The largest absolute Gasteiger partial charge is 0.334 e. The van der Waals surface area contributed by atoms with Crippen molar-refractivity contribution in [3.8, 4) is 22.8 Å². The summed E-state index contributed by atoms with van der Waals surface area (Å²) in [5.74, 6) is 1.04. The van der Waals surface area contributed by atoms with Crippen LogP contribution in [-0.4, -0.2) is 26.5 Å². The normalized spacial score (nSPS) is 10.9. The molecule has 0 atom stereocenters. The Morgan fingerprint density at radius 2 is 2.20 bits per heavy atom. The lowest BCUT2D eigenvalue weighted by Gasteiger charge is -1.99. The molecule has 0 unspecified atom stereocenters. The highest BCUT2D eigenvalue weighted by Crippen LogP contribution is 2.22. The molecule has 1 aromatic carbocycles. The van der Waals surface area contributed by atoms with E-state index < -0.39 is 0 Å². The van der Waals surface area contributed by atoms with Crippen LogP contribution in [0.1, 0.15) is 5.56 Å². The predicted molar refractivity (Wildman–Crippen MR) is 74.7 cm³/mol. The van der Waals surface area contributed by atoms with E-state index in [-0.39, 0.29) is 0 Å². The van der Waals surface area contributed by atoms with E-state index in [0.29, 0.717) is 18.3 Å². The van der Waals surface area contributed by atoms with Crippen LogP contribution >= 0.6 is 0 Å². The number of hydrogen-bond donors (Lipinski definition) is 1. The highest BCUT2D eigenvalue weighted by atomic mass is 16.5. The molecule has 20 heavy (non-hydrogen) atoms. The second kappa shape index (κ2) is 5.26. The minimum absolute atomic E-state index is 0.503. The molecule has 0 radical (unpaired) electrons. The van der Waals surface area contributed by atoms with Crippen molar-refractivity contribution < 1.29 is 4.52 Å². The van der Waals surface area contributed by atoms with Crippen molar-refractivity contribution in [2.45, 2.75) is 6.42 Å². The topological polar surface area (TPSA) is 82.8 Å². The summed E-state index contributed by atoms with van der Waals surface area (Å²) in [4.78, 5) is 4.40. The third kappa shape index (κ3) is 2.46. The van der Waals surface area contributed by atoms with Gasteiger partial charge in [-0.2, -0.15) is 10.1 Å². The molecule has 0 spiro atoms. The van der Waals surface area contributed by atoms with E-state index in [2.05, 4.69) is 15.2 Å². The van der Waals surface area contributed by atoms with E-state index in [4.69, 9.17) is 10.3 Å². The third-order valence-electron chi connectivity index (χ3n) is 3.00. The Kier molecular flexibility index (Phi) is 3.30. The van der Waals surface area contributed by atoms with Gasteiger partial charge in [0.1, 0.15) is 0 Å². The van der Waals surface area contributed by atoms with Gasteiger partial charge in [-0.15, -0.1) is 0 Å². The second-order valence-electron chi connectivity index (χ2n) is 4.56. The van der Waals surface area contributed by atoms with Crippen LogP contribution in [0.5, 0.6) is 0 Å². The van der Waals surface area contributed by atoms with Gasteiger partial charge in [-0.25, -0.2) is 0 Å². The Hall–Kier alpha value is -2.47. The number of benzene rings is 1. The van der Waals surface area contributed by atoms with Gasteiger partial charge in [0, 0.05) is 18.8 Å². The molecule has 0 saturated carbocycles. The summed E-state index contributed by atoms with van der Waals surface area (Å²) < 4.78 is 7.02. The number of aryl methyl sites for hydroxylation is 1. The van der Waals surface area contributed by atoms with Crippen LogP contribution in [0.3, 0.4) is 0 Å². The van der Waals surface area contributed by atoms with Gasteiger partial charge in [0.05, 0.1) is 11.8 Å². The molecule has 6 heteroatoms. The van der Waals surface area contributed by atoms with Crippen molar-refractivity contribution in [3.05, 3.63) is 42.2 Å². The number of hydrogen-bond acceptors (Lipinski definition) is 5. The smallest absolute Gasteiger partial charge is 0.258 e. The van der Waals surface area contributed by atoms with Crippen molar-refractivity contribution in [2.24, 2.45) is 12.8 Å². The fourth-order valence-corrected chi connectivity index (χ4v) is 2.02. The number of rotatable bonds is 4. The molecule has 0 aliphatic carbocycles. The van der Waals surface area contributed by atoms with E-state index in [9.17, 15) is 0 Å². The molecule has 0 aliphatic rings. The first kappa shape index (κ1) is 12.6. The van der Waals surface area contributed by atoms with Gasteiger partial charge in [0.25, 0.3) is 5.89 Å². The maximum absolute atomic E-state index is 5.57. The van der Waals surface area contributed by atoms with Crippen LogP contribution in [0.15, 0.2) is 41.2 Å². The highest BCUT2D eigenvalue weighted by molar-refractivity contribution is 5.59. The average Bonchev–Trinajstić information content (AvgIpc) is 3.08. The van der Waals surface area contributed by atoms with Gasteiger partial charge in [-0.05, 0) is 30.7 Å². The third-order valence-corrected chi connectivity index (χ3v) is 3.00. The van der Waals surface area contributed by atoms with Gasteiger partial charge in [0.2, 0.25) is 5.82 Å². The van der Waals surface area contributed by atoms with Crippen LogP contribution in [0.4, 0.5) is 0 Å². The maximum Gasteiger partial charge on any atom is 0.258 e. The Morgan fingerprint density at radius 3 is 2.95 bits per heavy atom.